The summed E-state index contributed by atoms with van der Waals surface area (Å²) in [5.74, 6) is 0.122. The van der Waals surface area contributed by atoms with E-state index in [2.05, 4.69) is 10.0 Å². The first-order chi connectivity index (χ1) is 10.4. The highest BCUT2D eigenvalue weighted by molar-refractivity contribution is 7.89. The maximum Gasteiger partial charge on any atom is 0.240 e. The van der Waals surface area contributed by atoms with Gasteiger partial charge < -0.3 is 11.1 Å². The molecule has 4 N–H and O–H groups in total. The number of nitrogens with two attached hydrogens (primary N) is 1. The number of amides is 1. The van der Waals surface area contributed by atoms with Crippen LogP contribution in [0, 0.1) is 5.92 Å². The minimum atomic E-state index is -3.60. The van der Waals surface area contributed by atoms with E-state index in [0.717, 1.165) is 25.7 Å². The van der Waals surface area contributed by atoms with Gasteiger partial charge in [0.05, 0.1) is 4.90 Å². The first-order valence-corrected chi connectivity index (χ1v) is 9.01. The second-order valence-electron chi connectivity index (χ2n) is 5.71. The molecule has 0 spiro atoms. The first kappa shape index (κ1) is 16.9. The quantitative estimate of drug-likeness (QED) is 0.736. The predicted molar refractivity (Wildman–Crippen MR) is 85.9 cm³/mol. The smallest absolute Gasteiger partial charge is 0.240 e. The van der Waals surface area contributed by atoms with Crippen molar-refractivity contribution in [3.63, 3.8) is 0 Å². The Morgan fingerprint density at radius 1 is 1.27 bits per heavy atom. The summed E-state index contributed by atoms with van der Waals surface area (Å²) < 4.78 is 27.6. The SMILES string of the molecule is CC(=O)Nc1ccc(S(=O)(=O)NC(CN)C2CCCC2)cc1. The molecule has 0 heterocycles. The van der Waals surface area contributed by atoms with Gasteiger partial charge in [-0.15, -0.1) is 0 Å². The molecule has 0 aromatic heterocycles. The van der Waals surface area contributed by atoms with Crippen molar-refractivity contribution in [1.82, 2.24) is 4.72 Å². The number of rotatable bonds is 6. The number of carbonyl (C=O) groups excluding carboxylic acids is 1. The number of sulfonamides is 1. The average Bonchev–Trinajstić information content (AvgIpc) is 2.99. The first-order valence-electron chi connectivity index (χ1n) is 7.52. The van der Waals surface area contributed by atoms with E-state index in [-0.39, 0.29) is 16.8 Å². The molecule has 0 aliphatic heterocycles. The molecule has 1 aromatic carbocycles. The van der Waals surface area contributed by atoms with Crippen LogP contribution in [0.3, 0.4) is 0 Å². The molecule has 1 saturated carbocycles. The third kappa shape index (κ3) is 4.28. The summed E-state index contributed by atoms with van der Waals surface area (Å²) in [7, 11) is -3.60. The molecule has 1 aliphatic carbocycles. The fourth-order valence-corrected chi connectivity index (χ4v) is 4.20. The van der Waals surface area contributed by atoms with Gasteiger partial charge in [-0.3, -0.25) is 4.79 Å². The van der Waals surface area contributed by atoms with Crippen LogP contribution in [0.25, 0.3) is 0 Å². The van der Waals surface area contributed by atoms with Crippen LogP contribution in [0.4, 0.5) is 5.69 Å². The molecule has 122 valence electrons. The van der Waals surface area contributed by atoms with Crippen molar-refractivity contribution in [2.45, 2.75) is 43.5 Å². The Morgan fingerprint density at radius 2 is 1.86 bits per heavy atom. The Bertz CT molecular complexity index is 607. The zero-order valence-corrected chi connectivity index (χ0v) is 13.5. The highest BCUT2D eigenvalue weighted by Crippen LogP contribution is 2.28. The van der Waals surface area contributed by atoms with Gasteiger partial charge >= 0.3 is 0 Å². The zero-order chi connectivity index (χ0) is 16.2. The van der Waals surface area contributed by atoms with Gasteiger partial charge in [0.15, 0.2) is 0 Å². The van der Waals surface area contributed by atoms with Gasteiger partial charge in [-0.2, -0.15) is 0 Å². The predicted octanol–water partition coefficient (Wildman–Crippen LogP) is 1.44. The van der Waals surface area contributed by atoms with Gasteiger partial charge in [-0.25, -0.2) is 13.1 Å². The molecule has 6 nitrogen and oxygen atoms in total. The Kier molecular flexibility index (Phi) is 5.55. The monoisotopic (exact) mass is 325 g/mol. The van der Waals surface area contributed by atoms with Crippen molar-refractivity contribution >= 4 is 21.6 Å². The molecular formula is C15H23N3O3S. The molecule has 1 amide bonds. The van der Waals surface area contributed by atoms with E-state index in [1.807, 2.05) is 0 Å². The fourth-order valence-electron chi connectivity index (χ4n) is 2.88. The summed E-state index contributed by atoms with van der Waals surface area (Å²) in [6, 6.07) is 5.89. The van der Waals surface area contributed by atoms with E-state index in [9.17, 15) is 13.2 Å². The van der Waals surface area contributed by atoms with Gasteiger partial charge in [-0.05, 0) is 43.0 Å². The molecule has 1 atom stereocenters. The molecule has 7 heteroatoms. The summed E-state index contributed by atoms with van der Waals surface area (Å²) in [5.41, 5.74) is 6.31. The third-order valence-electron chi connectivity index (χ3n) is 4.01. The third-order valence-corrected chi connectivity index (χ3v) is 5.52. The van der Waals surface area contributed by atoms with E-state index < -0.39 is 10.0 Å². The van der Waals surface area contributed by atoms with E-state index in [0.29, 0.717) is 18.2 Å². The van der Waals surface area contributed by atoms with E-state index in [1.54, 1.807) is 12.1 Å². The zero-order valence-electron chi connectivity index (χ0n) is 12.7. The van der Waals surface area contributed by atoms with Gasteiger partial charge in [0.2, 0.25) is 15.9 Å². The van der Waals surface area contributed by atoms with Crippen LogP contribution in [0.1, 0.15) is 32.6 Å². The number of hydrogen-bond acceptors (Lipinski definition) is 4. The fraction of sp³-hybridized carbons (Fsp3) is 0.533. The van der Waals surface area contributed by atoms with Crippen LogP contribution >= 0.6 is 0 Å². The second-order valence-corrected chi connectivity index (χ2v) is 7.43. The number of benzene rings is 1. The van der Waals surface area contributed by atoms with Gasteiger partial charge in [0.25, 0.3) is 0 Å². The molecule has 1 unspecified atom stereocenters. The maximum absolute atomic E-state index is 12.4. The Labute approximate surface area is 131 Å². The second kappa shape index (κ2) is 7.21. The highest BCUT2D eigenvalue weighted by Gasteiger charge is 2.28. The number of hydrogen-bond donors (Lipinski definition) is 3. The number of carbonyl (C=O) groups is 1. The molecule has 0 saturated heterocycles. The van der Waals surface area contributed by atoms with Gasteiger partial charge in [0, 0.05) is 25.2 Å². The van der Waals surface area contributed by atoms with Crippen molar-refractivity contribution in [1.29, 1.82) is 0 Å². The average molecular weight is 325 g/mol. The number of nitrogens with one attached hydrogen (secondary N) is 2. The largest absolute Gasteiger partial charge is 0.329 e. The lowest BCUT2D eigenvalue weighted by Gasteiger charge is -2.23. The molecule has 0 radical (unpaired) electrons. The van der Waals surface area contributed by atoms with Crippen molar-refractivity contribution in [3.8, 4) is 0 Å². The lowest BCUT2D eigenvalue weighted by Crippen LogP contribution is -2.44. The summed E-state index contributed by atoms with van der Waals surface area (Å²) in [5, 5.41) is 2.61. The number of anilines is 1. The lowest BCUT2D eigenvalue weighted by molar-refractivity contribution is -0.114. The van der Waals surface area contributed by atoms with Crippen molar-refractivity contribution in [3.05, 3.63) is 24.3 Å². The van der Waals surface area contributed by atoms with Crippen molar-refractivity contribution < 1.29 is 13.2 Å². The topological polar surface area (TPSA) is 101 Å². The highest BCUT2D eigenvalue weighted by atomic mass is 32.2. The van der Waals surface area contributed by atoms with Crippen LogP contribution in [-0.4, -0.2) is 26.9 Å². The molecule has 1 aromatic rings. The van der Waals surface area contributed by atoms with Crippen LogP contribution in [0.15, 0.2) is 29.2 Å². The van der Waals surface area contributed by atoms with Crippen LogP contribution in [-0.2, 0) is 14.8 Å². The van der Waals surface area contributed by atoms with Crippen molar-refractivity contribution in [2.24, 2.45) is 11.7 Å². The van der Waals surface area contributed by atoms with E-state index in [4.69, 9.17) is 5.73 Å². The lowest BCUT2D eigenvalue weighted by atomic mass is 9.99. The summed E-state index contributed by atoms with van der Waals surface area (Å²) in [6.07, 6.45) is 4.31. The van der Waals surface area contributed by atoms with Crippen LogP contribution in [0.5, 0.6) is 0 Å². The van der Waals surface area contributed by atoms with Gasteiger partial charge in [0.1, 0.15) is 0 Å². The maximum atomic E-state index is 12.4. The standard InChI is InChI=1S/C15H23N3O3S/c1-11(19)17-13-6-8-14(9-7-13)22(20,21)18-15(10-16)12-4-2-3-5-12/h6-9,12,15,18H,2-5,10,16H2,1H3,(H,17,19). The van der Waals surface area contributed by atoms with Crippen LogP contribution < -0.4 is 15.8 Å². The normalized spacial score (nSPS) is 17.4. The van der Waals surface area contributed by atoms with Crippen LogP contribution in [0.2, 0.25) is 0 Å². The molecule has 1 aliphatic rings. The molecular weight excluding hydrogens is 302 g/mol. The molecule has 1 fully saturated rings. The Morgan fingerprint density at radius 3 is 2.36 bits per heavy atom. The summed E-state index contributed by atoms with van der Waals surface area (Å²) >= 11 is 0. The Balaban J connectivity index is 2.09. The minimum Gasteiger partial charge on any atom is -0.329 e. The molecule has 22 heavy (non-hydrogen) atoms. The Hall–Kier alpha value is -1.44. The summed E-state index contributed by atoms with van der Waals surface area (Å²) in [6.45, 7) is 1.70. The molecule has 2 rings (SSSR count). The summed E-state index contributed by atoms with van der Waals surface area (Å²) in [4.78, 5) is 11.1. The van der Waals surface area contributed by atoms with Gasteiger partial charge in [-0.1, -0.05) is 12.8 Å². The van der Waals surface area contributed by atoms with E-state index >= 15 is 0 Å². The van der Waals surface area contributed by atoms with Crippen molar-refractivity contribution in [2.75, 3.05) is 11.9 Å². The molecule has 0 bridgehead atoms. The van der Waals surface area contributed by atoms with E-state index in [1.165, 1.54) is 19.1 Å². The minimum absolute atomic E-state index is 0.179.